The van der Waals surface area contributed by atoms with E-state index in [2.05, 4.69) is 96.5 Å². The van der Waals surface area contributed by atoms with E-state index in [1.165, 1.54) is 0 Å². The summed E-state index contributed by atoms with van der Waals surface area (Å²) in [6.45, 7) is 19.4. The highest BCUT2D eigenvalue weighted by atomic mass is 16.6. The van der Waals surface area contributed by atoms with E-state index in [0.717, 1.165) is 67.3 Å². The van der Waals surface area contributed by atoms with Crippen LogP contribution in [-0.2, 0) is 12.8 Å². The van der Waals surface area contributed by atoms with Crippen LogP contribution in [0.4, 0.5) is 17.1 Å². The van der Waals surface area contributed by atoms with Gasteiger partial charge in [0.05, 0.1) is 21.9 Å². The Kier molecular flexibility index (Phi) is 12.3. The van der Waals surface area contributed by atoms with Gasteiger partial charge in [0.25, 0.3) is 5.69 Å². The molecule has 2 aromatic heterocycles. The van der Waals surface area contributed by atoms with Crippen LogP contribution in [0.25, 0.3) is 22.3 Å². The van der Waals surface area contributed by atoms with Gasteiger partial charge in [0.2, 0.25) is 0 Å². The lowest BCUT2D eigenvalue weighted by Crippen LogP contribution is -2.03. The molecule has 0 aliphatic carbocycles. The van der Waals surface area contributed by atoms with E-state index >= 15 is 0 Å². The number of hydrogen-bond acceptors (Lipinski definition) is 6. The number of nitro benzene ring substituents is 1. The molecule has 0 saturated carbocycles. The van der Waals surface area contributed by atoms with Crippen LogP contribution in [0, 0.1) is 17.0 Å². The Morgan fingerprint density at radius 2 is 1.02 bits per heavy atom. The zero-order valence-corrected chi connectivity index (χ0v) is 32.0. The monoisotopic (exact) mass is 693 g/mol. The van der Waals surface area contributed by atoms with Crippen molar-refractivity contribution in [1.29, 1.82) is 0 Å². The van der Waals surface area contributed by atoms with Crippen molar-refractivity contribution in [3.05, 3.63) is 135 Å². The Morgan fingerprint density at radius 3 is 1.37 bits per heavy atom. The molecule has 5 aromatic rings. The molecular formula is C45H51N5O2. The molecular weight excluding hydrogens is 643 g/mol. The first-order valence-electron chi connectivity index (χ1n) is 18.4. The standard InChI is InChI=1S/C45H51N5O2/c1-28(2)37-24-33(25-38(29(3)4)44(37)48-22-18-35-14-10-12-20-46-35)42-32(9)16-17-41(50(51)52)43(42)34-26-39(30(5)6)45(40(27-34)31(7)8)49-23-19-36-15-11-13-21-47-36/h10-17,20-31H,18-19H2,1-9H3. The highest BCUT2D eigenvalue weighted by molar-refractivity contribution is 5.93. The highest BCUT2D eigenvalue weighted by Crippen LogP contribution is 2.48. The van der Waals surface area contributed by atoms with E-state index in [1.54, 1.807) is 18.5 Å². The van der Waals surface area contributed by atoms with Crippen LogP contribution in [0.1, 0.15) is 118 Å². The molecule has 0 amide bonds. The molecule has 268 valence electrons. The third-order valence-electron chi connectivity index (χ3n) is 9.49. The maximum Gasteiger partial charge on any atom is 0.277 e. The summed E-state index contributed by atoms with van der Waals surface area (Å²) in [5.41, 5.74) is 12.5. The molecule has 0 saturated heterocycles. The predicted molar refractivity (Wildman–Crippen MR) is 217 cm³/mol. The largest absolute Gasteiger partial charge is 0.277 e. The van der Waals surface area contributed by atoms with Gasteiger partial charge in [-0.05, 0) is 124 Å². The fraction of sp³-hybridized carbons (Fsp3) is 0.333. The summed E-state index contributed by atoms with van der Waals surface area (Å²) in [5, 5.41) is 12.9. The van der Waals surface area contributed by atoms with E-state index < -0.39 is 0 Å². The van der Waals surface area contributed by atoms with Gasteiger partial charge in [-0.15, -0.1) is 0 Å². The van der Waals surface area contributed by atoms with E-state index in [1.807, 2.05) is 54.9 Å². The summed E-state index contributed by atoms with van der Waals surface area (Å²) in [6, 6.07) is 24.0. The van der Waals surface area contributed by atoms with Crippen LogP contribution in [0.5, 0.6) is 0 Å². The van der Waals surface area contributed by atoms with Gasteiger partial charge in [0.1, 0.15) is 0 Å². The third-order valence-corrected chi connectivity index (χ3v) is 9.49. The Bertz CT molecular complexity index is 2020. The second-order valence-corrected chi connectivity index (χ2v) is 14.7. The minimum atomic E-state index is -0.246. The van der Waals surface area contributed by atoms with Gasteiger partial charge in [-0.3, -0.25) is 30.1 Å². The molecule has 0 spiro atoms. The molecule has 0 radical (unpaired) electrons. The molecule has 0 aliphatic heterocycles. The first kappa shape index (κ1) is 37.9. The summed E-state index contributed by atoms with van der Waals surface area (Å²) in [4.78, 5) is 31.6. The number of pyridine rings is 2. The second kappa shape index (κ2) is 16.8. The van der Waals surface area contributed by atoms with Crippen molar-refractivity contribution in [3.63, 3.8) is 0 Å². The summed E-state index contributed by atoms with van der Waals surface area (Å²) < 4.78 is 0. The number of rotatable bonds is 13. The number of aryl methyl sites for hydroxylation is 1. The number of benzene rings is 3. The van der Waals surface area contributed by atoms with Crippen molar-refractivity contribution >= 4 is 29.5 Å². The molecule has 0 atom stereocenters. The Morgan fingerprint density at radius 1 is 0.615 bits per heavy atom. The molecule has 3 aromatic carbocycles. The molecule has 5 rings (SSSR count). The lowest BCUT2D eigenvalue weighted by Gasteiger charge is -2.23. The maximum atomic E-state index is 12.9. The van der Waals surface area contributed by atoms with Crippen molar-refractivity contribution in [1.82, 2.24) is 9.97 Å². The van der Waals surface area contributed by atoms with Crippen molar-refractivity contribution in [2.24, 2.45) is 9.98 Å². The van der Waals surface area contributed by atoms with Crippen LogP contribution in [0.2, 0.25) is 0 Å². The lowest BCUT2D eigenvalue weighted by atomic mass is 9.82. The smallest absolute Gasteiger partial charge is 0.261 e. The maximum absolute atomic E-state index is 12.9. The summed E-state index contributed by atoms with van der Waals surface area (Å²) >= 11 is 0. The number of aromatic nitrogens is 2. The van der Waals surface area contributed by atoms with Crippen LogP contribution < -0.4 is 0 Å². The molecule has 2 heterocycles. The molecule has 0 unspecified atom stereocenters. The summed E-state index contributed by atoms with van der Waals surface area (Å²) in [6.07, 6.45) is 8.71. The zero-order chi connectivity index (χ0) is 37.5. The molecule has 52 heavy (non-hydrogen) atoms. The van der Waals surface area contributed by atoms with Crippen LogP contribution in [0.3, 0.4) is 0 Å². The number of hydrogen-bond donors (Lipinski definition) is 0. The fourth-order valence-corrected chi connectivity index (χ4v) is 6.72. The van der Waals surface area contributed by atoms with Crippen molar-refractivity contribution in [2.75, 3.05) is 0 Å². The quantitative estimate of drug-likeness (QED) is 0.0697. The van der Waals surface area contributed by atoms with Gasteiger partial charge in [-0.25, -0.2) is 0 Å². The van der Waals surface area contributed by atoms with Gasteiger partial charge in [-0.1, -0.05) is 73.6 Å². The fourth-order valence-electron chi connectivity index (χ4n) is 6.72. The van der Waals surface area contributed by atoms with E-state index in [9.17, 15) is 10.1 Å². The normalized spacial score (nSPS) is 12.0. The molecule has 0 N–H and O–H groups in total. The highest BCUT2D eigenvalue weighted by Gasteiger charge is 2.27. The van der Waals surface area contributed by atoms with Gasteiger partial charge in [0.15, 0.2) is 0 Å². The number of nitrogens with zero attached hydrogens (tertiary/aromatic N) is 5. The van der Waals surface area contributed by atoms with Crippen molar-refractivity contribution in [3.8, 4) is 22.3 Å². The topological polar surface area (TPSA) is 93.6 Å². The summed E-state index contributed by atoms with van der Waals surface area (Å²) in [5.74, 6) is 0.612. The second-order valence-electron chi connectivity index (χ2n) is 14.7. The van der Waals surface area contributed by atoms with E-state index in [4.69, 9.17) is 9.98 Å². The summed E-state index contributed by atoms with van der Waals surface area (Å²) in [7, 11) is 0. The molecule has 7 nitrogen and oxygen atoms in total. The first-order chi connectivity index (χ1) is 24.9. The Balaban J connectivity index is 1.74. The van der Waals surface area contributed by atoms with E-state index in [-0.39, 0.29) is 34.3 Å². The van der Waals surface area contributed by atoms with Crippen LogP contribution in [-0.4, -0.2) is 27.3 Å². The number of aliphatic imine (C=N–C) groups is 2. The van der Waals surface area contributed by atoms with Crippen molar-refractivity contribution < 1.29 is 4.92 Å². The molecule has 0 bridgehead atoms. The van der Waals surface area contributed by atoms with Gasteiger partial charge in [-0.2, -0.15) is 0 Å². The average Bonchev–Trinajstić information content (AvgIpc) is 3.11. The van der Waals surface area contributed by atoms with Gasteiger partial charge < -0.3 is 0 Å². The molecule has 0 fully saturated rings. The van der Waals surface area contributed by atoms with Gasteiger partial charge in [0, 0.05) is 55.1 Å². The predicted octanol–water partition coefficient (Wildman–Crippen LogP) is 12.4. The minimum Gasteiger partial charge on any atom is -0.261 e. The molecule has 0 aliphatic rings. The SMILES string of the molecule is Cc1ccc([N+](=O)[O-])c(-c2cc(C(C)C)c(N=CCc3ccccn3)c(C(C)C)c2)c1-c1cc(C(C)C)c(N=CCc2ccccn2)c(C(C)C)c1. The number of nitro groups is 1. The molecule has 7 heteroatoms. The first-order valence-corrected chi connectivity index (χ1v) is 18.4. The van der Waals surface area contributed by atoms with Crippen LogP contribution in [0.15, 0.2) is 95.2 Å². The van der Waals surface area contributed by atoms with Crippen LogP contribution >= 0.6 is 0 Å². The van der Waals surface area contributed by atoms with Crippen molar-refractivity contribution in [2.45, 2.75) is 98.8 Å². The third kappa shape index (κ3) is 8.59. The van der Waals surface area contributed by atoms with E-state index in [0.29, 0.717) is 18.4 Å². The minimum absolute atomic E-state index is 0.0890. The average molecular weight is 694 g/mol. The lowest BCUT2D eigenvalue weighted by molar-refractivity contribution is -0.384. The Labute approximate surface area is 309 Å². The Hall–Kier alpha value is -5.30. The van der Waals surface area contributed by atoms with Gasteiger partial charge >= 0.3 is 0 Å². The zero-order valence-electron chi connectivity index (χ0n) is 32.0.